The van der Waals surface area contributed by atoms with Crippen LogP contribution in [0.25, 0.3) is 5.69 Å². The molecule has 3 fully saturated rings. The Balaban J connectivity index is 0.000000181. The number of aryl methyl sites for hydroxylation is 1. The third-order valence-electron chi connectivity index (χ3n) is 13.0. The van der Waals surface area contributed by atoms with Gasteiger partial charge in [0.05, 0.1) is 34.4 Å². The molecule has 78 heavy (non-hydrogen) atoms. The maximum absolute atomic E-state index is 12.4. The first-order chi connectivity index (χ1) is 36.7. The molecule has 11 nitrogen and oxygen atoms in total. The Labute approximate surface area is 468 Å². The van der Waals surface area contributed by atoms with E-state index in [1.807, 2.05) is 79.7 Å². The molecule has 2 N–H and O–H groups in total. The highest BCUT2D eigenvalue weighted by atomic mass is 35.5. The van der Waals surface area contributed by atoms with Gasteiger partial charge in [0.15, 0.2) is 0 Å². The molecule has 0 saturated carbocycles. The fourth-order valence-electron chi connectivity index (χ4n) is 8.78. The number of rotatable bonds is 14. The second kappa shape index (κ2) is 28.1. The highest BCUT2D eigenvalue weighted by Crippen LogP contribution is 2.34. The van der Waals surface area contributed by atoms with E-state index in [9.17, 15) is 13.2 Å². The quantitative estimate of drug-likeness (QED) is 0.103. The van der Waals surface area contributed by atoms with Gasteiger partial charge < -0.3 is 24.8 Å². The van der Waals surface area contributed by atoms with Crippen LogP contribution in [0, 0.1) is 19.3 Å². The molecule has 15 heteroatoms. The molecular formula is C63H84ClF3N8O3. The lowest BCUT2D eigenvalue weighted by molar-refractivity contribution is -0.137. The number of nitrogens with one attached hydrogen (secondary N) is 2. The van der Waals surface area contributed by atoms with E-state index in [4.69, 9.17) is 32.2 Å². The monoisotopic (exact) mass is 1090 g/mol. The van der Waals surface area contributed by atoms with Gasteiger partial charge in [0, 0.05) is 80.7 Å². The fraction of sp³-hybridized carbons (Fsp3) is 0.460. The van der Waals surface area contributed by atoms with Crippen LogP contribution < -0.4 is 24.8 Å². The van der Waals surface area contributed by atoms with Crippen molar-refractivity contribution in [1.82, 2.24) is 29.7 Å². The lowest BCUT2D eigenvalue weighted by Crippen LogP contribution is -2.64. The van der Waals surface area contributed by atoms with Crippen LogP contribution in [-0.2, 0) is 6.18 Å². The molecule has 422 valence electrons. The van der Waals surface area contributed by atoms with Crippen LogP contribution in [0.3, 0.4) is 0 Å². The van der Waals surface area contributed by atoms with Gasteiger partial charge in [0.25, 0.3) is 0 Å². The molecule has 0 unspecified atom stereocenters. The van der Waals surface area contributed by atoms with Gasteiger partial charge in [0.2, 0.25) is 0 Å². The minimum Gasteiger partial charge on any atom is -0.485 e. The summed E-state index contributed by atoms with van der Waals surface area (Å²) in [5, 5.41) is 15.5. The highest BCUT2D eigenvalue weighted by Gasteiger charge is 2.44. The van der Waals surface area contributed by atoms with Gasteiger partial charge in [-0.1, -0.05) is 47.4 Å². The van der Waals surface area contributed by atoms with Crippen molar-refractivity contribution in [1.29, 1.82) is 0 Å². The number of alkyl halides is 3. The summed E-state index contributed by atoms with van der Waals surface area (Å²) >= 11 is 5.91. The van der Waals surface area contributed by atoms with Crippen molar-refractivity contribution in [3.8, 4) is 35.3 Å². The molecule has 5 aromatic carbocycles. The molecule has 0 aliphatic carbocycles. The standard InChI is InChI=1S/C15H19NO.C14H18F3NO.C14H21NO.C11H14N4.C9H12ClN/c1-5-13-6-8-14(9-7-13)17-15(4)10-16(11-15)12(2)3;1-10(2)18-8-13(3,9-18)19-12-6-4-11(5-7-12)14(15,16)17;1-11(2)15-9-14(4,10-15)16-13-7-5-12(3)6-8-13;1-9(2)14-10-3-5-11(6-4-10)15-12-7-8-13-15;1-7(2)11-9-6-4-3-5-8(9)10/h1,6-9,12H,10-11H2,2-4H3;4-7,10H,8-9H2,1-3H3;5-8,11H,9-10H2,1-4H3;3-9,14H,1-2H3;3-7,11H,1-2H3. The molecule has 9 rings (SSSR count). The molecule has 1 aromatic heterocycles. The summed E-state index contributed by atoms with van der Waals surface area (Å²) in [7, 11) is 0. The normalized spacial score (nSPS) is 16.2. The van der Waals surface area contributed by atoms with Gasteiger partial charge in [-0.3, -0.25) is 14.7 Å². The van der Waals surface area contributed by atoms with Crippen molar-refractivity contribution in [3.05, 3.63) is 155 Å². The minimum atomic E-state index is -4.30. The van der Waals surface area contributed by atoms with Crippen molar-refractivity contribution in [2.45, 2.75) is 150 Å². The van der Waals surface area contributed by atoms with Crippen molar-refractivity contribution >= 4 is 23.0 Å². The van der Waals surface area contributed by atoms with Crippen molar-refractivity contribution in [2.75, 3.05) is 49.9 Å². The number of likely N-dealkylation sites (tertiary alicyclic amines) is 3. The van der Waals surface area contributed by atoms with E-state index in [0.29, 0.717) is 36.0 Å². The van der Waals surface area contributed by atoms with Crippen molar-refractivity contribution in [2.24, 2.45) is 0 Å². The van der Waals surface area contributed by atoms with Crippen LogP contribution in [0.5, 0.6) is 17.2 Å². The minimum absolute atomic E-state index is 0.000468. The number of aromatic nitrogens is 3. The van der Waals surface area contributed by atoms with Gasteiger partial charge in [-0.05, 0) is 194 Å². The lowest BCUT2D eigenvalue weighted by atomic mass is 9.94. The summed E-state index contributed by atoms with van der Waals surface area (Å²) in [5.74, 6) is 4.97. The van der Waals surface area contributed by atoms with E-state index in [2.05, 4.69) is 156 Å². The maximum Gasteiger partial charge on any atom is 0.416 e. The molecular weight excluding hydrogens is 1010 g/mol. The summed E-state index contributed by atoms with van der Waals surface area (Å²) in [6.45, 7) is 35.5. The van der Waals surface area contributed by atoms with Gasteiger partial charge in [-0.25, -0.2) is 0 Å². The van der Waals surface area contributed by atoms with E-state index in [1.165, 1.54) is 17.7 Å². The van der Waals surface area contributed by atoms with Crippen LogP contribution in [-0.4, -0.2) is 116 Å². The molecule has 6 aromatic rings. The van der Waals surface area contributed by atoms with Gasteiger partial charge >= 0.3 is 6.18 Å². The molecule has 0 atom stereocenters. The first kappa shape index (κ1) is 62.6. The summed E-state index contributed by atoms with van der Waals surface area (Å²) < 4.78 is 55.1. The van der Waals surface area contributed by atoms with E-state index in [-0.39, 0.29) is 16.8 Å². The summed E-state index contributed by atoms with van der Waals surface area (Å²) in [6, 6.07) is 39.2. The van der Waals surface area contributed by atoms with E-state index >= 15 is 0 Å². The molecule has 4 heterocycles. The van der Waals surface area contributed by atoms with E-state index < -0.39 is 11.7 Å². The van der Waals surface area contributed by atoms with E-state index in [1.54, 1.807) is 17.2 Å². The number of ether oxygens (including phenoxy) is 3. The summed E-state index contributed by atoms with van der Waals surface area (Å²) in [5.41, 5.74) is 4.24. The lowest BCUT2D eigenvalue weighted by Gasteiger charge is -2.49. The van der Waals surface area contributed by atoms with Gasteiger partial charge in [-0.2, -0.15) is 28.2 Å². The predicted octanol–water partition coefficient (Wildman–Crippen LogP) is 14.2. The SMILES string of the molecule is C#Cc1ccc(OC2(C)CN(C(C)C)C2)cc1.CC(C)N1CC(C)(Oc2ccc(C(F)(F)F)cc2)C1.CC(C)Nc1ccc(-n2nccn2)cc1.CC(C)Nc1ccccc1Cl.Cc1ccc(OC2(C)CN(C(C)C)C2)cc1. The van der Waals surface area contributed by atoms with Crippen LogP contribution in [0.2, 0.25) is 5.02 Å². The zero-order chi connectivity index (χ0) is 57.4. The van der Waals surface area contributed by atoms with Crippen LogP contribution in [0.1, 0.15) is 107 Å². The number of para-hydroxylation sites is 1. The number of hydrogen-bond acceptors (Lipinski definition) is 10. The van der Waals surface area contributed by atoms with Crippen LogP contribution in [0.4, 0.5) is 24.5 Å². The van der Waals surface area contributed by atoms with E-state index in [0.717, 1.165) is 90.5 Å². The number of benzene rings is 5. The molecule has 3 aliphatic rings. The molecule has 0 spiro atoms. The van der Waals surface area contributed by atoms with Crippen molar-refractivity contribution in [3.63, 3.8) is 0 Å². The maximum atomic E-state index is 12.4. The third-order valence-corrected chi connectivity index (χ3v) is 13.4. The van der Waals surface area contributed by atoms with Gasteiger partial charge in [-0.15, -0.1) is 6.42 Å². The largest absolute Gasteiger partial charge is 0.485 e. The number of anilines is 2. The Morgan fingerprint density at radius 1 is 0.551 bits per heavy atom. The summed E-state index contributed by atoms with van der Waals surface area (Å²) in [6.07, 6.45) is 4.35. The number of nitrogens with zero attached hydrogens (tertiary/aromatic N) is 6. The zero-order valence-electron chi connectivity index (χ0n) is 48.3. The summed E-state index contributed by atoms with van der Waals surface area (Å²) in [4.78, 5) is 8.67. The average molecular weight is 1090 g/mol. The highest BCUT2D eigenvalue weighted by molar-refractivity contribution is 6.33. The molecule has 3 aliphatic heterocycles. The smallest absolute Gasteiger partial charge is 0.416 e. The number of halogens is 4. The Morgan fingerprint density at radius 2 is 0.936 bits per heavy atom. The molecule has 0 amide bonds. The topological polar surface area (TPSA) is 92.2 Å². The van der Waals surface area contributed by atoms with Crippen molar-refractivity contribution < 1.29 is 27.4 Å². The average Bonchev–Trinajstić information content (AvgIpc) is 3.89. The fourth-order valence-corrected chi connectivity index (χ4v) is 8.97. The Bertz CT molecular complexity index is 2730. The van der Waals surface area contributed by atoms with Crippen LogP contribution in [0.15, 0.2) is 134 Å². The molecule has 0 radical (unpaired) electrons. The zero-order valence-corrected chi connectivity index (χ0v) is 49.1. The third kappa shape index (κ3) is 19.9. The first-order valence-corrected chi connectivity index (χ1v) is 27.4. The second-order valence-electron chi connectivity index (χ2n) is 22.6. The Kier molecular flexibility index (Phi) is 22.5. The number of hydrogen-bond donors (Lipinski definition) is 2. The Morgan fingerprint density at radius 3 is 1.29 bits per heavy atom. The predicted molar refractivity (Wildman–Crippen MR) is 315 cm³/mol. The molecule has 3 saturated heterocycles. The van der Waals surface area contributed by atoms with Crippen LogP contribution >= 0.6 is 11.6 Å². The van der Waals surface area contributed by atoms with Gasteiger partial charge in [0.1, 0.15) is 34.1 Å². The Hall–Kier alpha value is -6.24. The molecule has 0 bridgehead atoms. The second-order valence-corrected chi connectivity index (χ2v) is 23.0. The first-order valence-electron chi connectivity index (χ1n) is 27.0. The number of terminal acetylenes is 1.